The van der Waals surface area contributed by atoms with E-state index in [0.717, 1.165) is 12.1 Å². The Labute approximate surface area is 108 Å². The number of rotatable bonds is 4. The van der Waals surface area contributed by atoms with E-state index in [1.807, 2.05) is 6.92 Å². The Bertz CT molecular complexity index is 433. The molecule has 5 nitrogen and oxygen atoms in total. The summed E-state index contributed by atoms with van der Waals surface area (Å²) in [6.45, 7) is 3.97. The van der Waals surface area contributed by atoms with Gasteiger partial charge in [0.15, 0.2) is 5.69 Å². The summed E-state index contributed by atoms with van der Waals surface area (Å²) in [6.07, 6.45) is -4.52. The number of anilines is 1. The number of carbonyl (C=O) groups is 1. The minimum absolute atomic E-state index is 0.123. The summed E-state index contributed by atoms with van der Waals surface area (Å²) in [5, 5.41) is 9.17. The normalized spacial score (nSPS) is 12.9. The van der Waals surface area contributed by atoms with Gasteiger partial charge in [-0.25, -0.2) is 0 Å². The topological polar surface area (TPSA) is 58.1 Å². The van der Waals surface area contributed by atoms with Crippen molar-refractivity contribution in [3.8, 4) is 0 Å². The Morgan fingerprint density at radius 3 is 2.47 bits per heavy atom. The molecule has 1 unspecified atom stereocenters. The van der Waals surface area contributed by atoms with Crippen LogP contribution in [-0.2, 0) is 11.0 Å². The molecule has 1 amide bonds. The Morgan fingerprint density at radius 2 is 2.05 bits per heavy atom. The highest BCUT2D eigenvalue weighted by Gasteiger charge is 2.33. The number of alkyl halides is 3. The lowest BCUT2D eigenvalue weighted by Gasteiger charge is -2.20. The van der Waals surface area contributed by atoms with Crippen molar-refractivity contribution in [1.82, 2.24) is 15.1 Å². The molecule has 1 rings (SSSR count). The van der Waals surface area contributed by atoms with Gasteiger partial charge in [0.05, 0.1) is 0 Å². The summed E-state index contributed by atoms with van der Waals surface area (Å²) in [6, 6.07) is 1.37. The van der Waals surface area contributed by atoms with Gasteiger partial charge in [-0.2, -0.15) is 13.2 Å². The minimum atomic E-state index is -4.52. The van der Waals surface area contributed by atoms with Crippen LogP contribution < -0.4 is 5.32 Å². The van der Waals surface area contributed by atoms with E-state index in [2.05, 4.69) is 15.5 Å². The van der Waals surface area contributed by atoms with Gasteiger partial charge in [0, 0.05) is 13.6 Å². The van der Waals surface area contributed by atoms with Crippen molar-refractivity contribution in [1.29, 1.82) is 0 Å². The molecule has 0 aliphatic heterocycles. The fourth-order valence-corrected chi connectivity index (χ4v) is 1.33. The van der Waals surface area contributed by atoms with E-state index in [1.54, 1.807) is 14.0 Å². The minimum Gasteiger partial charge on any atom is -0.357 e. The standard InChI is InChI=1S/C11H15F3N4O/c1-4-18(3)10(19)7(2)15-9-6-5-8(16-17-9)11(12,13)14/h5-7H,4H2,1-3H3,(H,15,17). The molecule has 0 saturated carbocycles. The molecule has 1 aromatic heterocycles. The summed E-state index contributed by atoms with van der Waals surface area (Å²) in [7, 11) is 1.64. The number of hydrogen-bond donors (Lipinski definition) is 1. The van der Waals surface area contributed by atoms with Gasteiger partial charge in [-0.15, -0.1) is 10.2 Å². The van der Waals surface area contributed by atoms with Crippen molar-refractivity contribution in [3.63, 3.8) is 0 Å². The monoisotopic (exact) mass is 276 g/mol. The van der Waals surface area contributed by atoms with Gasteiger partial charge in [-0.05, 0) is 26.0 Å². The predicted octanol–water partition coefficient (Wildman–Crippen LogP) is 1.77. The van der Waals surface area contributed by atoms with Crippen LogP contribution in [0.1, 0.15) is 19.5 Å². The lowest BCUT2D eigenvalue weighted by molar-refractivity contribution is -0.141. The molecule has 0 fully saturated rings. The fourth-order valence-electron chi connectivity index (χ4n) is 1.33. The van der Waals surface area contributed by atoms with Crippen molar-refractivity contribution < 1.29 is 18.0 Å². The molecule has 0 radical (unpaired) electrons. The van der Waals surface area contributed by atoms with E-state index >= 15 is 0 Å². The first-order valence-corrected chi connectivity index (χ1v) is 5.68. The quantitative estimate of drug-likeness (QED) is 0.910. The van der Waals surface area contributed by atoms with Crippen molar-refractivity contribution in [3.05, 3.63) is 17.8 Å². The summed E-state index contributed by atoms with van der Waals surface area (Å²) in [4.78, 5) is 13.2. The third-order valence-corrected chi connectivity index (χ3v) is 2.54. The maximum absolute atomic E-state index is 12.3. The molecule has 1 aromatic rings. The smallest absolute Gasteiger partial charge is 0.357 e. The first-order valence-electron chi connectivity index (χ1n) is 5.68. The molecule has 0 aliphatic rings. The lowest BCUT2D eigenvalue weighted by Crippen LogP contribution is -2.39. The third kappa shape index (κ3) is 4.08. The number of nitrogens with one attached hydrogen (secondary N) is 1. The largest absolute Gasteiger partial charge is 0.435 e. The summed E-state index contributed by atoms with van der Waals surface area (Å²) < 4.78 is 36.8. The number of nitrogens with zero attached hydrogens (tertiary/aromatic N) is 3. The molecule has 106 valence electrons. The van der Waals surface area contributed by atoms with Crippen LogP contribution in [0.4, 0.5) is 19.0 Å². The first kappa shape index (κ1) is 15.2. The number of hydrogen-bond acceptors (Lipinski definition) is 4. The molecular formula is C11H15F3N4O. The second-order valence-electron chi connectivity index (χ2n) is 4.02. The number of likely N-dealkylation sites (N-methyl/N-ethyl adjacent to an activating group) is 1. The Balaban J connectivity index is 2.71. The zero-order valence-corrected chi connectivity index (χ0v) is 10.8. The average Bonchev–Trinajstić information content (AvgIpc) is 2.36. The van der Waals surface area contributed by atoms with Gasteiger partial charge >= 0.3 is 6.18 Å². The zero-order chi connectivity index (χ0) is 14.6. The molecule has 1 atom stereocenters. The van der Waals surface area contributed by atoms with Gasteiger partial charge in [0.25, 0.3) is 0 Å². The summed E-state index contributed by atoms with van der Waals surface area (Å²) in [5.41, 5.74) is -1.07. The van der Waals surface area contributed by atoms with E-state index in [4.69, 9.17) is 0 Å². The van der Waals surface area contributed by atoms with Crippen molar-refractivity contribution in [2.75, 3.05) is 18.9 Å². The van der Waals surface area contributed by atoms with Gasteiger partial charge in [0.2, 0.25) is 5.91 Å². The molecule has 0 spiro atoms. The number of halogens is 3. The van der Waals surface area contributed by atoms with Crippen LogP contribution >= 0.6 is 0 Å². The molecule has 0 bridgehead atoms. The molecule has 1 heterocycles. The second-order valence-corrected chi connectivity index (χ2v) is 4.02. The van der Waals surface area contributed by atoms with Gasteiger partial charge in [0.1, 0.15) is 11.9 Å². The first-order chi connectivity index (χ1) is 8.75. The molecule has 0 aromatic carbocycles. The van der Waals surface area contributed by atoms with E-state index in [1.165, 1.54) is 4.90 Å². The van der Waals surface area contributed by atoms with E-state index in [9.17, 15) is 18.0 Å². The van der Waals surface area contributed by atoms with Crippen LogP contribution in [0.15, 0.2) is 12.1 Å². The predicted molar refractivity (Wildman–Crippen MR) is 63.4 cm³/mol. The van der Waals surface area contributed by atoms with Crippen molar-refractivity contribution >= 4 is 11.7 Å². The summed E-state index contributed by atoms with van der Waals surface area (Å²) in [5.74, 6) is -0.0532. The lowest BCUT2D eigenvalue weighted by atomic mass is 10.3. The molecule has 1 N–H and O–H groups in total. The fraction of sp³-hybridized carbons (Fsp3) is 0.545. The zero-order valence-electron chi connectivity index (χ0n) is 10.8. The highest BCUT2D eigenvalue weighted by molar-refractivity contribution is 5.83. The molecule has 19 heavy (non-hydrogen) atoms. The number of amides is 1. The van der Waals surface area contributed by atoms with Crippen LogP contribution in [0, 0.1) is 0 Å². The van der Waals surface area contributed by atoms with Crippen molar-refractivity contribution in [2.24, 2.45) is 0 Å². The molecular weight excluding hydrogens is 261 g/mol. The molecule has 8 heteroatoms. The van der Waals surface area contributed by atoms with Gasteiger partial charge in [-0.1, -0.05) is 0 Å². The van der Waals surface area contributed by atoms with Crippen molar-refractivity contribution in [2.45, 2.75) is 26.1 Å². The molecule has 0 saturated heterocycles. The Kier molecular flexibility index (Phi) is 4.68. The van der Waals surface area contributed by atoms with E-state index in [-0.39, 0.29) is 11.7 Å². The maximum Gasteiger partial charge on any atom is 0.435 e. The average molecular weight is 276 g/mol. The van der Waals surface area contributed by atoms with E-state index < -0.39 is 17.9 Å². The van der Waals surface area contributed by atoms with Crippen LogP contribution in [0.25, 0.3) is 0 Å². The third-order valence-electron chi connectivity index (χ3n) is 2.54. The Hall–Kier alpha value is -1.86. The number of aromatic nitrogens is 2. The number of carbonyl (C=O) groups excluding carboxylic acids is 1. The van der Waals surface area contributed by atoms with E-state index in [0.29, 0.717) is 6.54 Å². The van der Waals surface area contributed by atoms with Crippen LogP contribution in [0.2, 0.25) is 0 Å². The highest BCUT2D eigenvalue weighted by atomic mass is 19.4. The van der Waals surface area contributed by atoms with Crippen LogP contribution in [-0.4, -0.2) is 40.6 Å². The summed E-state index contributed by atoms with van der Waals surface area (Å²) >= 11 is 0. The van der Waals surface area contributed by atoms with Gasteiger partial charge < -0.3 is 10.2 Å². The maximum atomic E-state index is 12.3. The Morgan fingerprint density at radius 1 is 1.42 bits per heavy atom. The molecule has 0 aliphatic carbocycles. The SMILES string of the molecule is CCN(C)C(=O)C(C)Nc1ccc(C(F)(F)F)nn1. The van der Waals surface area contributed by atoms with Crippen LogP contribution in [0.5, 0.6) is 0 Å². The highest BCUT2D eigenvalue weighted by Crippen LogP contribution is 2.27. The second kappa shape index (κ2) is 5.85. The van der Waals surface area contributed by atoms with Gasteiger partial charge in [-0.3, -0.25) is 4.79 Å². The van der Waals surface area contributed by atoms with Crippen LogP contribution in [0.3, 0.4) is 0 Å².